The van der Waals surface area contributed by atoms with Gasteiger partial charge in [0.1, 0.15) is 6.33 Å². The Morgan fingerprint density at radius 1 is 1.47 bits per heavy atom. The first-order valence-corrected chi connectivity index (χ1v) is 5.52. The van der Waals surface area contributed by atoms with Gasteiger partial charge < -0.3 is 0 Å². The van der Waals surface area contributed by atoms with Gasteiger partial charge in [0.2, 0.25) is 0 Å². The van der Waals surface area contributed by atoms with Gasteiger partial charge in [-0.05, 0) is 17.5 Å². The van der Waals surface area contributed by atoms with Gasteiger partial charge in [0.05, 0.1) is 11.7 Å². The van der Waals surface area contributed by atoms with E-state index in [-0.39, 0.29) is 6.04 Å². The number of rotatable bonds is 4. The van der Waals surface area contributed by atoms with Crippen LogP contribution < -0.4 is 11.3 Å². The van der Waals surface area contributed by atoms with Gasteiger partial charge in [-0.25, -0.2) is 9.97 Å². The zero-order chi connectivity index (χ0) is 10.5. The molecule has 2 aromatic heterocycles. The molecule has 4 nitrogen and oxygen atoms in total. The molecule has 0 aliphatic rings. The third-order valence-electron chi connectivity index (χ3n) is 2.15. The molecule has 2 rings (SSSR count). The fraction of sp³-hybridized carbons (Fsp3) is 0.200. The molecule has 0 amide bonds. The van der Waals surface area contributed by atoms with Crippen LogP contribution in [0.25, 0.3) is 0 Å². The van der Waals surface area contributed by atoms with E-state index in [1.54, 1.807) is 17.5 Å². The molecule has 0 radical (unpaired) electrons. The Labute approximate surface area is 92.2 Å². The number of hydrogen-bond acceptors (Lipinski definition) is 5. The van der Waals surface area contributed by atoms with Crippen LogP contribution in [0.4, 0.5) is 0 Å². The van der Waals surface area contributed by atoms with Gasteiger partial charge in [0.15, 0.2) is 0 Å². The zero-order valence-electron chi connectivity index (χ0n) is 8.13. The molecule has 0 saturated carbocycles. The maximum Gasteiger partial charge on any atom is 0.115 e. The normalized spacial score (nSPS) is 12.6. The standard InChI is InChI=1S/C10H12N4S/c11-14-10(6-8-2-1-5-15-8)9-3-4-12-7-13-9/h1-5,7,10,14H,6,11H2. The summed E-state index contributed by atoms with van der Waals surface area (Å²) in [5.74, 6) is 5.52. The van der Waals surface area contributed by atoms with Crippen LogP contribution in [0.5, 0.6) is 0 Å². The fourth-order valence-electron chi connectivity index (χ4n) is 1.39. The summed E-state index contributed by atoms with van der Waals surface area (Å²) in [6.07, 6.45) is 4.11. The number of nitrogens with one attached hydrogen (secondary N) is 1. The lowest BCUT2D eigenvalue weighted by molar-refractivity contribution is 0.540. The summed E-state index contributed by atoms with van der Waals surface area (Å²) >= 11 is 1.72. The van der Waals surface area contributed by atoms with E-state index in [4.69, 9.17) is 5.84 Å². The van der Waals surface area contributed by atoms with E-state index in [1.165, 1.54) is 11.2 Å². The Hall–Kier alpha value is -1.30. The smallest absolute Gasteiger partial charge is 0.115 e. The Bertz CT molecular complexity index is 387. The SMILES string of the molecule is NNC(Cc1cccs1)c1ccncn1. The van der Waals surface area contributed by atoms with Gasteiger partial charge in [-0.15, -0.1) is 11.3 Å². The molecule has 3 N–H and O–H groups in total. The van der Waals surface area contributed by atoms with Crippen molar-refractivity contribution in [3.63, 3.8) is 0 Å². The molecular formula is C10H12N4S. The van der Waals surface area contributed by atoms with Gasteiger partial charge in [-0.2, -0.15) is 0 Å². The number of nitrogens with zero attached hydrogens (tertiary/aromatic N) is 2. The Kier molecular flexibility index (Phi) is 3.39. The van der Waals surface area contributed by atoms with E-state index in [0.717, 1.165) is 12.1 Å². The summed E-state index contributed by atoms with van der Waals surface area (Å²) in [7, 11) is 0. The van der Waals surface area contributed by atoms with Gasteiger partial charge in [-0.3, -0.25) is 11.3 Å². The van der Waals surface area contributed by atoms with E-state index in [9.17, 15) is 0 Å². The predicted octanol–water partition coefficient (Wildman–Crippen LogP) is 1.29. The second kappa shape index (κ2) is 4.97. The van der Waals surface area contributed by atoms with E-state index in [0.29, 0.717) is 0 Å². The lowest BCUT2D eigenvalue weighted by atomic mass is 10.1. The van der Waals surface area contributed by atoms with E-state index < -0.39 is 0 Å². The maximum absolute atomic E-state index is 5.52. The zero-order valence-corrected chi connectivity index (χ0v) is 8.95. The summed E-state index contributed by atoms with van der Waals surface area (Å²) < 4.78 is 0. The average Bonchev–Trinajstić information content (AvgIpc) is 2.80. The highest BCUT2D eigenvalue weighted by molar-refractivity contribution is 7.09. The van der Waals surface area contributed by atoms with Gasteiger partial charge >= 0.3 is 0 Å². The van der Waals surface area contributed by atoms with Crippen molar-refractivity contribution in [1.29, 1.82) is 0 Å². The number of nitrogens with two attached hydrogens (primary N) is 1. The van der Waals surface area contributed by atoms with Crippen molar-refractivity contribution in [3.8, 4) is 0 Å². The molecule has 78 valence electrons. The molecular weight excluding hydrogens is 208 g/mol. The van der Waals surface area contributed by atoms with Crippen molar-refractivity contribution in [3.05, 3.63) is 46.7 Å². The van der Waals surface area contributed by atoms with Crippen LogP contribution >= 0.6 is 11.3 Å². The Morgan fingerprint density at radius 2 is 2.40 bits per heavy atom. The molecule has 15 heavy (non-hydrogen) atoms. The highest BCUT2D eigenvalue weighted by Crippen LogP contribution is 2.18. The minimum absolute atomic E-state index is 0.0478. The van der Waals surface area contributed by atoms with E-state index >= 15 is 0 Å². The minimum atomic E-state index is 0.0478. The van der Waals surface area contributed by atoms with Crippen LogP contribution in [0.2, 0.25) is 0 Å². The van der Waals surface area contributed by atoms with Crippen LogP contribution in [-0.2, 0) is 6.42 Å². The monoisotopic (exact) mass is 220 g/mol. The molecule has 0 aliphatic carbocycles. The largest absolute Gasteiger partial charge is 0.271 e. The highest BCUT2D eigenvalue weighted by atomic mass is 32.1. The first-order chi connectivity index (χ1) is 7.40. The third-order valence-corrected chi connectivity index (χ3v) is 3.05. The maximum atomic E-state index is 5.52. The van der Waals surface area contributed by atoms with Crippen molar-refractivity contribution in [2.24, 2.45) is 5.84 Å². The lowest BCUT2D eigenvalue weighted by Gasteiger charge is -2.13. The first-order valence-electron chi connectivity index (χ1n) is 4.64. The van der Waals surface area contributed by atoms with Crippen molar-refractivity contribution >= 4 is 11.3 Å². The van der Waals surface area contributed by atoms with Crippen LogP contribution in [0.3, 0.4) is 0 Å². The number of hydrogen-bond donors (Lipinski definition) is 2. The number of aromatic nitrogens is 2. The molecule has 5 heteroatoms. The molecule has 0 saturated heterocycles. The minimum Gasteiger partial charge on any atom is -0.271 e. The summed E-state index contributed by atoms with van der Waals surface area (Å²) in [5.41, 5.74) is 3.69. The quantitative estimate of drug-likeness (QED) is 0.602. The summed E-state index contributed by atoms with van der Waals surface area (Å²) in [6, 6.07) is 6.05. The van der Waals surface area contributed by atoms with Crippen LogP contribution in [0.1, 0.15) is 16.6 Å². The average molecular weight is 220 g/mol. The molecule has 0 bridgehead atoms. The van der Waals surface area contributed by atoms with Crippen molar-refractivity contribution in [2.45, 2.75) is 12.5 Å². The Balaban J connectivity index is 2.12. The molecule has 2 aromatic rings. The topological polar surface area (TPSA) is 63.8 Å². The molecule has 0 aromatic carbocycles. The second-order valence-electron chi connectivity index (χ2n) is 3.14. The van der Waals surface area contributed by atoms with Crippen molar-refractivity contribution in [1.82, 2.24) is 15.4 Å². The first kappa shape index (κ1) is 10.2. The second-order valence-corrected chi connectivity index (χ2v) is 4.17. The highest BCUT2D eigenvalue weighted by Gasteiger charge is 2.11. The molecule has 0 aliphatic heterocycles. The summed E-state index contributed by atoms with van der Waals surface area (Å²) in [4.78, 5) is 9.35. The van der Waals surface area contributed by atoms with Crippen molar-refractivity contribution < 1.29 is 0 Å². The Morgan fingerprint density at radius 3 is 3.00 bits per heavy atom. The fourth-order valence-corrected chi connectivity index (χ4v) is 2.14. The summed E-state index contributed by atoms with van der Waals surface area (Å²) in [6.45, 7) is 0. The number of hydrazine groups is 1. The van der Waals surface area contributed by atoms with E-state index in [1.807, 2.05) is 12.1 Å². The van der Waals surface area contributed by atoms with Gasteiger partial charge in [0, 0.05) is 17.5 Å². The molecule has 0 spiro atoms. The summed E-state index contributed by atoms with van der Waals surface area (Å²) in [5, 5.41) is 2.06. The molecule has 0 fully saturated rings. The number of thiophene rings is 1. The molecule has 1 unspecified atom stereocenters. The van der Waals surface area contributed by atoms with Gasteiger partial charge in [-0.1, -0.05) is 6.07 Å². The molecule has 1 atom stereocenters. The molecule has 2 heterocycles. The van der Waals surface area contributed by atoms with Crippen LogP contribution in [-0.4, -0.2) is 9.97 Å². The van der Waals surface area contributed by atoms with Crippen LogP contribution in [0, 0.1) is 0 Å². The van der Waals surface area contributed by atoms with Gasteiger partial charge in [0.25, 0.3) is 0 Å². The predicted molar refractivity (Wildman–Crippen MR) is 60.1 cm³/mol. The van der Waals surface area contributed by atoms with Crippen molar-refractivity contribution in [2.75, 3.05) is 0 Å². The third kappa shape index (κ3) is 2.59. The lowest BCUT2D eigenvalue weighted by Crippen LogP contribution is -2.30. The van der Waals surface area contributed by atoms with E-state index in [2.05, 4.69) is 26.8 Å². The van der Waals surface area contributed by atoms with Crippen LogP contribution in [0.15, 0.2) is 36.1 Å².